The van der Waals surface area contributed by atoms with Gasteiger partial charge < -0.3 is 14.2 Å². The van der Waals surface area contributed by atoms with Gasteiger partial charge in [0.15, 0.2) is 11.5 Å². The van der Waals surface area contributed by atoms with Crippen molar-refractivity contribution in [3.05, 3.63) is 59.2 Å². The van der Waals surface area contributed by atoms with Crippen LogP contribution in [-0.2, 0) is 17.8 Å². The van der Waals surface area contributed by atoms with Crippen molar-refractivity contribution in [1.29, 1.82) is 0 Å². The number of hydrogen-bond donors (Lipinski definition) is 0. The van der Waals surface area contributed by atoms with E-state index in [0.29, 0.717) is 6.79 Å². The molecule has 4 heteroatoms. The predicted molar refractivity (Wildman–Crippen MR) is 89.7 cm³/mol. The lowest BCUT2D eigenvalue weighted by molar-refractivity contribution is 0.140. The van der Waals surface area contributed by atoms with Crippen LogP contribution < -0.4 is 9.47 Å². The Hall–Kier alpha value is -2.04. The molecule has 4 nitrogen and oxygen atoms in total. The van der Waals surface area contributed by atoms with Gasteiger partial charge in [-0.1, -0.05) is 35.9 Å². The first-order valence-corrected chi connectivity index (χ1v) is 7.90. The summed E-state index contributed by atoms with van der Waals surface area (Å²) >= 11 is 0. The SMILES string of the molecule is COCCN(Cc1ccc(C)cc1)Cc1ccc2c(c1)OCO2. The van der Waals surface area contributed by atoms with Gasteiger partial charge in [-0.3, -0.25) is 4.90 Å². The van der Waals surface area contributed by atoms with Gasteiger partial charge in [0.25, 0.3) is 0 Å². The molecule has 0 radical (unpaired) electrons. The molecule has 2 aromatic rings. The van der Waals surface area contributed by atoms with E-state index in [9.17, 15) is 0 Å². The molecular formula is C19H23NO3. The van der Waals surface area contributed by atoms with E-state index in [0.717, 1.165) is 37.7 Å². The van der Waals surface area contributed by atoms with Crippen molar-refractivity contribution >= 4 is 0 Å². The summed E-state index contributed by atoms with van der Waals surface area (Å²) in [5.74, 6) is 1.67. The van der Waals surface area contributed by atoms with Crippen LogP contribution in [0.4, 0.5) is 0 Å². The van der Waals surface area contributed by atoms with Crippen molar-refractivity contribution in [3.8, 4) is 11.5 Å². The molecule has 1 aliphatic rings. The van der Waals surface area contributed by atoms with Crippen LogP contribution >= 0.6 is 0 Å². The Bertz CT molecular complexity index is 640. The molecule has 1 aliphatic heterocycles. The maximum absolute atomic E-state index is 5.47. The summed E-state index contributed by atoms with van der Waals surface area (Å²) in [7, 11) is 1.74. The molecule has 1 heterocycles. The van der Waals surface area contributed by atoms with Crippen molar-refractivity contribution in [2.75, 3.05) is 27.1 Å². The summed E-state index contributed by atoms with van der Waals surface area (Å²) in [5, 5.41) is 0. The highest BCUT2D eigenvalue weighted by molar-refractivity contribution is 5.44. The molecule has 0 N–H and O–H groups in total. The van der Waals surface area contributed by atoms with E-state index in [4.69, 9.17) is 14.2 Å². The molecule has 0 unspecified atom stereocenters. The van der Waals surface area contributed by atoms with Crippen LogP contribution in [0.5, 0.6) is 11.5 Å². The van der Waals surface area contributed by atoms with Crippen molar-refractivity contribution in [1.82, 2.24) is 4.90 Å². The Kier molecular flexibility index (Phi) is 5.16. The first-order chi connectivity index (χ1) is 11.2. The van der Waals surface area contributed by atoms with Crippen molar-refractivity contribution < 1.29 is 14.2 Å². The van der Waals surface area contributed by atoms with Crippen LogP contribution in [0.3, 0.4) is 0 Å². The van der Waals surface area contributed by atoms with Crippen LogP contribution in [-0.4, -0.2) is 32.0 Å². The van der Waals surface area contributed by atoms with Crippen molar-refractivity contribution in [2.45, 2.75) is 20.0 Å². The summed E-state index contributed by atoms with van der Waals surface area (Å²) in [4.78, 5) is 2.38. The lowest BCUT2D eigenvalue weighted by Gasteiger charge is -2.22. The first kappa shape index (κ1) is 15.8. The lowest BCUT2D eigenvalue weighted by Crippen LogP contribution is -2.26. The van der Waals surface area contributed by atoms with Gasteiger partial charge in [-0.15, -0.1) is 0 Å². The van der Waals surface area contributed by atoms with Gasteiger partial charge in [-0.2, -0.15) is 0 Å². The molecular weight excluding hydrogens is 290 g/mol. The molecule has 0 aliphatic carbocycles. The Morgan fingerprint density at radius 1 is 0.957 bits per heavy atom. The Morgan fingerprint density at radius 2 is 1.65 bits per heavy atom. The molecule has 0 saturated heterocycles. The van der Waals surface area contributed by atoms with E-state index in [-0.39, 0.29) is 0 Å². The quantitative estimate of drug-likeness (QED) is 0.784. The number of rotatable bonds is 7. The second-order valence-corrected chi connectivity index (χ2v) is 5.88. The number of benzene rings is 2. The van der Waals surface area contributed by atoms with Gasteiger partial charge in [-0.05, 0) is 30.2 Å². The van der Waals surface area contributed by atoms with E-state index < -0.39 is 0 Å². The number of ether oxygens (including phenoxy) is 3. The Balaban J connectivity index is 1.69. The summed E-state index contributed by atoms with van der Waals surface area (Å²) in [6, 6.07) is 14.8. The normalized spacial score (nSPS) is 12.8. The van der Waals surface area contributed by atoms with Crippen LogP contribution in [0.15, 0.2) is 42.5 Å². The largest absolute Gasteiger partial charge is 0.454 e. The standard InChI is InChI=1S/C19H23NO3/c1-15-3-5-16(6-4-15)12-20(9-10-21-2)13-17-7-8-18-19(11-17)23-14-22-18/h3-8,11H,9-10,12-14H2,1-2H3. The molecule has 23 heavy (non-hydrogen) atoms. The fourth-order valence-electron chi connectivity index (χ4n) is 2.68. The van der Waals surface area contributed by atoms with E-state index in [1.54, 1.807) is 7.11 Å². The van der Waals surface area contributed by atoms with E-state index in [2.05, 4.69) is 48.2 Å². The smallest absolute Gasteiger partial charge is 0.231 e. The lowest BCUT2D eigenvalue weighted by atomic mass is 10.1. The molecule has 122 valence electrons. The fourth-order valence-corrected chi connectivity index (χ4v) is 2.68. The third-order valence-electron chi connectivity index (χ3n) is 3.98. The van der Waals surface area contributed by atoms with Crippen LogP contribution in [0.1, 0.15) is 16.7 Å². The molecule has 0 fully saturated rings. The van der Waals surface area contributed by atoms with Gasteiger partial charge in [0.2, 0.25) is 6.79 Å². The summed E-state index contributed by atoms with van der Waals surface area (Å²) in [6.45, 7) is 5.79. The topological polar surface area (TPSA) is 30.9 Å². The highest BCUT2D eigenvalue weighted by Crippen LogP contribution is 2.32. The van der Waals surface area contributed by atoms with Gasteiger partial charge in [0.1, 0.15) is 0 Å². The molecule has 2 aromatic carbocycles. The average molecular weight is 313 g/mol. The molecule has 0 saturated carbocycles. The zero-order valence-corrected chi connectivity index (χ0v) is 13.7. The van der Waals surface area contributed by atoms with Crippen molar-refractivity contribution in [2.24, 2.45) is 0 Å². The zero-order chi connectivity index (χ0) is 16.1. The zero-order valence-electron chi connectivity index (χ0n) is 13.7. The fraction of sp³-hybridized carbons (Fsp3) is 0.368. The number of nitrogens with zero attached hydrogens (tertiary/aromatic N) is 1. The van der Waals surface area contributed by atoms with Gasteiger partial charge in [0, 0.05) is 26.7 Å². The predicted octanol–water partition coefficient (Wildman–Crippen LogP) is 3.37. The summed E-state index contributed by atoms with van der Waals surface area (Å²) in [5.41, 5.74) is 3.82. The molecule has 0 amide bonds. The summed E-state index contributed by atoms with van der Waals surface area (Å²) < 4.78 is 16.1. The highest BCUT2D eigenvalue weighted by Gasteiger charge is 2.15. The molecule has 0 spiro atoms. The van der Waals surface area contributed by atoms with Gasteiger partial charge >= 0.3 is 0 Å². The second-order valence-electron chi connectivity index (χ2n) is 5.88. The third kappa shape index (κ3) is 4.24. The third-order valence-corrected chi connectivity index (χ3v) is 3.98. The summed E-state index contributed by atoms with van der Waals surface area (Å²) in [6.07, 6.45) is 0. The maximum atomic E-state index is 5.47. The minimum atomic E-state index is 0.315. The van der Waals surface area contributed by atoms with Gasteiger partial charge in [-0.25, -0.2) is 0 Å². The number of aryl methyl sites for hydroxylation is 1. The van der Waals surface area contributed by atoms with Crippen LogP contribution in [0.25, 0.3) is 0 Å². The van der Waals surface area contributed by atoms with Crippen LogP contribution in [0.2, 0.25) is 0 Å². The monoisotopic (exact) mass is 313 g/mol. The minimum Gasteiger partial charge on any atom is -0.454 e. The molecule has 0 aromatic heterocycles. The Morgan fingerprint density at radius 3 is 2.43 bits per heavy atom. The number of methoxy groups -OCH3 is 1. The molecule has 3 rings (SSSR count). The van der Waals surface area contributed by atoms with E-state index in [1.165, 1.54) is 16.7 Å². The van der Waals surface area contributed by atoms with Gasteiger partial charge in [0.05, 0.1) is 6.61 Å². The second kappa shape index (κ2) is 7.49. The Labute approximate surface area is 137 Å². The van der Waals surface area contributed by atoms with Crippen molar-refractivity contribution in [3.63, 3.8) is 0 Å². The van der Waals surface area contributed by atoms with E-state index in [1.807, 2.05) is 6.07 Å². The average Bonchev–Trinajstić information content (AvgIpc) is 3.02. The van der Waals surface area contributed by atoms with E-state index >= 15 is 0 Å². The molecule has 0 bridgehead atoms. The number of fused-ring (bicyclic) bond motifs is 1. The maximum Gasteiger partial charge on any atom is 0.231 e. The number of hydrogen-bond acceptors (Lipinski definition) is 4. The first-order valence-electron chi connectivity index (χ1n) is 7.90. The minimum absolute atomic E-state index is 0.315. The molecule has 0 atom stereocenters. The highest BCUT2D eigenvalue weighted by atomic mass is 16.7. The van der Waals surface area contributed by atoms with Crippen LogP contribution in [0, 0.1) is 6.92 Å².